The van der Waals surface area contributed by atoms with Crippen molar-refractivity contribution in [2.45, 2.75) is 33.4 Å². The molecule has 3 N–H and O–H groups in total. The van der Waals surface area contributed by atoms with Crippen molar-refractivity contribution < 1.29 is 9.47 Å². The summed E-state index contributed by atoms with van der Waals surface area (Å²) in [6.45, 7) is 6.91. The first-order chi connectivity index (χ1) is 10.5. The summed E-state index contributed by atoms with van der Waals surface area (Å²) in [7, 11) is 0. The zero-order valence-electron chi connectivity index (χ0n) is 12.7. The summed E-state index contributed by atoms with van der Waals surface area (Å²) in [5.74, 6) is 1.58. The molecule has 0 amide bonds. The van der Waals surface area contributed by atoms with Crippen LogP contribution in [0, 0.1) is 0 Å². The van der Waals surface area contributed by atoms with Crippen LogP contribution in [0.5, 0.6) is 11.5 Å². The molecule has 0 aliphatic heterocycles. The van der Waals surface area contributed by atoms with Crippen molar-refractivity contribution in [3.05, 3.63) is 22.2 Å². The van der Waals surface area contributed by atoms with Crippen molar-refractivity contribution in [3.8, 4) is 11.5 Å². The first-order valence-electron chi connectivity index (χ1n) is 6.90. The summed E-state index contributed by atoms with van der Waals surface area (Å²) in [5, 5.41) is 10.8. The number of hydrogen-bond acceptors (Lipinski definition) is 7. The van der Waals surface area contributed by atoms with E-state index < -0.39 is 0 Å². The quantitative estimate of drug-likeness (QED) is 0.767. The number of halogens is 1. The molecule has 0 aliphatic carbocycles. The Bertz CT molecular complexity index is 631. The van der Waals surface area contributed by atoms with Gasteiger partial charge in [-0.05, 0) is 64.8 Å². The van der Waals surface area contributed by atoms with Gasteiger partial charge in [-0.1, -0.05) is 5.10 Å². The maximum Gasteiger partial charge on any atom is 0.260 e. The normalized spacial score (nSPS) is 10.8. The maximum absolute atomic E-state index is 5.80. The molecule has 120 valence electrons. The van der Waals surface area contributed by atoms with Gasteiger partial charge in [0.15, 0.2) is 11.5 Å². The number of aromatic nitrogens is 4. The number of hydrogen-bond donors (Lipinski definition) is 2. The van der Waals surface area contributed by atoms with Gasteiger partial charge in [-0.2, -0.15) is 0 Å². The van der Waals surface area contributed by atoms with E-state index in [1.807, 2.05) is 32.9 Å². The monoisotopic (exact) mass is 370 g/mol. The molecular weight excluding hydrogens is 352 g/mol. The van der Waals surface area contributed by atoms with Crippen molar-refractivity contribution in [1.29, 1.82) is 0 Å². The van der Waals surface area contributed by atoms with E-state index in [0.29, 0.717) is 24.7 Å². The summed E-state index contributed by atoms with van der Waals surface area (Å²) in [6, 6.07) is 3.87. The zero-order chi connectivity index (χ0) is 16.1. The Labute approximate surface area is 137 Å². The molecule has 2 aromatic rings. The molecule has 0 saturated heterocycles. The molecule has 8 nitrogen and oxygen atoms in total. The van der Waals surface area contributed by atoms with Gasteiger partial charge in [0.2, 0.25) is 0 Å². The number of nitrogens with two attached hydrogens (primary N) is 1. The highest BCUT2D eigenvalue weighted by atomic mass is 79.9. The van der Waals surface area contributed by atoms with Crippen LogP contribution in [0.2, 0.25) is 0 Å². The third kappa shape index (κ3) is 4.00. The van der Waals surface area contributed by atoms with E-state index in [9.17, 15) is 0 Å². The van der Waals surface area contributed by atoms with E-state index in [1.54, 1.807) is 0 Å². The highest BCUT2D eigenvalue weighted by molar-refractivity contribution is 9.10. The Balaban J connectivity index is 2.20. The summed E-state index contributed by atoms with van der Waals surface area (Å²) in [4.78, 5) is 1.31. The Kier molecular flexibility index (Phi) is 5.42. The molecule has 22 heavy (non-hydrogen) atoms. The Morgan fingerprint density at radius 2 is 2.18 bits per heavy atom. The minimum absolute atomic E-state index is 0.0560. The standard InChI is InChI=1S/C13H19BrN6O2/c1-4-21-11-6-9(5-10(14)12(11)22-8(2)3)7-16-20-13(15)17-18-19-20/h5-6,8,16H,4,7H2,1-3H3,(H2,15,17,19). The summed E-state index contributed by atoms with van der Waals surface area (Å²) in [5.41, 5.74) is 9.58. The van der Waals surface area contributed by atoms with Crippen molar-refractivity contribution in [1.82, 2.24) is 20.3 Å². The number of nitrogen functional groups attached to an aromatic ring is 1. The second-order valence-corrected chi connectivity index (χ2v) is 5.64. The molecular formula is C13H19BrN6O2. The first kappa shape index (κ1) is 16.3. The number of tetrazole rings is 1. The summed E-state index contributed by atoms with van der Waals surface area (Å²) < 4.78 is 12.3. The molecule has 1 aromatic heterocycles. The Morgan fingerprint density at radius 3 is 2.77 bits per heavy atom. The molecule has 0 unspecified atom stereocenters. The lowest BCUT2D eigenvalue weighted by Crippen LogP contribution is -2.18. The van der Waals surface area contributed by atoms with Crippen LogP contribution in [0.15, 0.2) is 16.6 Å². The van der Waals surface area contributed by atoms with Crippen LogP contribution < -0.4 is 20.6 Å². The molecule has 0 atom stereocenters. The molecule has 9 heteroatoms. The van der Waals surface area contributed by atoms with Crippen molar-refractivity contribution in [3.63, 3.8) is 0 Å². The molecule has 1 heterocycles. The molecule has 2 rings (SSSR count). The average Bonchev–Trinajstić information content (AvgIpc) is 2.86. The average molecular weight is 371 g/mol. The highest BCUT2D eigenvalue weighted by Crippen LogP contribution is 2.37. The van der Waals surface area contributed by atoms with Crippen LogP contribution in [-0.4, -0.2) is 33.0 Å². The molecule has 0 radical (unpaired) electrons. The molecule has 0 saturated carbocycles. The van der Waals surface area contributed by atoms with Crippen LogP contribution in [0.3, 0.4) is 0 Å². The van der Waals surface area contributed by atoms with Crippen molar-refractivity contribution in [2.24, 2.45) is 0 Å². The first-order valence-corrected chi connectivity index (χ1v) is 7.70. The van der Waals surface area contributed by atoms with Gasteiger partial charge in [-0.25, -0.2) is 0 Å². The van der Waals surface area contributed by atoms with E-state index in [1.165, 1.54) is 4.79 Å². The van der Waals surface area contributed by atoms with Crippen LogP contribution in [-0.2, 0) is 6.54 Å². The fourth-order valence-corrected chi connectivity index (χ4v) is 2.39. The van der Waals surface area contributed by atoms with Gasteiger partial charge in [-0.15, -0.1) is 4.79 Å². The third-order valence-electron chi connectivity index (χ3n) is 2.65. The van der Waals surface area contributed by atoms with Gasteiger partial charge >= 0.3 is 0 Å². The lowest BCUT2D eigenvalue weighted by Gasteiger charge is -2.17. The minimum atomic E-state index is 0.0560. The van der Waals surface area contributed by atoms with Crippen molar-refractivity contribution >= 4 is 21.9 Å². The van der Waals surface area contributed by atoms with E-state index in [4.69, 9.17) is 15.2 Å². The van der Waals surface area contributed by atoms with Crippen LogP contribution in [0.1, 0.15) is 26.3 Å². The number of benzene rings is 1. The highest BCUT2D eigenvalue weighted by Gasteiger charge is 2.14. The topological polar surface area (TPSA) is 100 Å². The lowest BCUT2D eigenvalue weighted by molar-refractivity contribution is 0.222. The largest absolute Gasteiger partial charge is 0.490 e. The number of ether oxygens (including phenoxy) is 2. The number of anilines is 1. The van der Waals surface area contributed by atoms with Crippen LogP contribution >= 0.6 is 15.9 Å². The SMILES string of the molecule is CCOc1cc(CNn2nnnc2N)cc(Br)c1OC(C)C. The second-order valence-electron chi connectivity index (χ2n) is 4.79. The minimum Gasteiger partial charge on any atom is -0.490 e. The maximum atomic E-state index is 5.80. The predicted molar refractivity (Wildman–Crippen MR) is 86.4 cm³/mol. The van der Waals surface area contributed by atoms with E-state index >= 15 is 0 Å². The number of nitrogens with one attached hydrogen (secondary N) is 1. The van der Waals surface area contributed by atoms with E-state index in [-0.39, 0.29) is 12.1 Å². The van der Waals surface area contributed by atoms with Crippen molar-refractivity contribution in [2.75, 3.05) is 17.8 Å². The van der Waals surface area contributed by atoms with Gasteiger partial charge in [0, 0.05) is 0 Å². The lowest BCUT2D eigenvalue weighted by atomic mass is 10.2. The van der Waals surface area contributed by atoms with Gasteiger partial charge in [0.25, 0.3) is 5.95 Å². The summed E-state index contributed by atoms with van der Waals surface area (Å²) >= 11 is 3.53. The van der Waals surface area contributed by atoms with E-state index in [2.05, 4.69) is 36.9 Å². The van der Waals surface area contributed by atoms with Crippen LogP contribution in [0.4, 0.5) is 5.95 Å². The van der Waals surface area contributed by atoms with Gasteiger partial charge < -0.3 is 20.6 Å². The smallest absolute Gasteiger partial charge is 0.260 e. The second kappa shape index (κ2) is 7.30. The molecule has 0 aliphatic rings. The molecule has 0 spiro atoms. The fraction of sp³-hybridized carbons (Fsp3) is 0.462. The Morgan fingerprint density at radius 1 is 1.41 bits per heavy atom. The number of nitrogens with zero attached hydrogens (tertiary/aromatic N) is 4. The van der Waals surface area contributed by atoms with Gasteiger partial charge in [0.1, 0.15) is 0 Å². The molecule has 0 bridgehead atoms. The van der Waals surface area contributed by atoms with Gasteiger partial charge in [0.05, 0.1) is 23.7 Å². The van der Waals surface area contributed by atoms with E-state index in [0.717, 1.165) is 10.0 Å². The van der Waals surface area contributed by atoms with Gasteiger partial charge in [-0.3, -0.25) is 0 Å². The zero-order valence-corrected chi connectivity index (χ0v) is 14.3. The molecule has 0 fully saturated rings. The Hall–Kier alpha value is -2.03. The van der Waals surface area contributed by atoms with Crippen LogP contribution in [0.25, 0.3) is 0 Å². The number of rotatable bonds is 7. The molecule has 1 aromatic carbocycles. The predicted octanol–water partition coefficient (Wildman–Crippen LogP) is 1.95. The fourth-order valence-electron chi connectivity index (χ4n) is 1.81. The summed E-state index contributed by atoms with van der Waals surface area (Å²) in [6.07, 6.45) is 0.0560. The third-order valence-corrected chi connectivity index (χ3v) is 3.24.